The first kappa shape index (κ1) is 18.2. The van der Waals surface area contributed by atoms with Gasteiger partial charge in [-0.25, -0.2) is 8.42 Å². The van der Waals surface area contributed by atoms with Crippen LogP contribution in [0.15, 0.2) is 17.2 Å². The summed E-state index contributed by atoms with van der Waals surface area (Å²) in [4.78, 5) is 0.336. The molecule has 0 bridgehead atoms. The Hall–Kier alpha value is -0.890. The molecule has 0 saturated carbocycles. The summed E-state index contributed by atoms with van der Waals surface area (Å²) in [6.45, 7) is 8.00. The molecule has 122 valence electrons. The summed E-state index contributed by atoms with van der Waals surface area (Å²) in [5.74, 6) is 0. The summed E-state index contributed by atoms with van der Waals surface area (Å²) in [6.07, 6.45) is 1.67. The van der Waals surface area contributed by atoms with E-state index < -0.39 is 10.0 Å². The van der Waals surface area contributed by atoms with Gasteiger partial charge >= 0.3 is 0 Å². The van der Waals surface area contributed by atoms with Crippen molar-refractivity contribution >= 4 is 10.0 Å². The quantitative estimate of drug-likeness (QED) is 0.743. The number of methoxy groups -OCH3 is 1. The second-order valence-corrected chi connectivity index (χ2v) is 7.15. The number of aromatic nitrogens is 1. The van der Waals surface area contributed by atoms with E-state index in [2.05, 4.69) is 5.32 Å². The van der Waals surface area contributed by atoms with Crippen molar-refractivity contribution in [2.24, 2.45) is 7.05 Å². The molecule has 0 spiro atoms. The third-order valence-electron chi connectivity index (χ3n) is 3.34. The first-order valence-corrected chi connectivity index (χ1v) is 8.65. The maximum atomic E-state index is 12.8. The minimum atomic E-state index is -3.49. The topological polar surface area (TPSA) is 63.6 Å². The van der Waals surface area contributed by atoms with Gasteiger partial charge in [0.1, 0.15) is 4.90 Å². The predicted octanol–water partition coefficient (Wildman–Crippen LogP) is 1.18. The first-order chi connectivity index (χ1) is 9.84. The van der Waals surface area contributed by atoms with E-state index in [-0.39, 0.29) is 6.04 Å². The van der Waals surface area contributed by atoms with Gasteiger partial charge < -0.3 is 14.6 Å². The fraction of sp³-hybridized carbons (Fsp3) is 0.714. The van der Waals surface area contributed by atoms with Crippen molar-refractivity contribution < 1.29 is 13.2 Å². The lowest BCUT2D eigenvalue weighted by Gasteiger charge is -2.25. The molecule has 0 saturated heterocycles. The molecule has 1 N–H and O–H groups in total. The SMILES string of the molecule is CCNCc1cc(S(=O)(=O)N(CCOC)C(C)C)cn1C. The molecule has 0 aliphatic rings. The highest BCUT2D eigenvalue weighted by Crippen LogP contribution is 2.20. The van der Waals surface area contributed by atoms with Crippen LogP contribution in [0.2, 0.25) is 0 Å². The predicted molar refractivity (Wildman–Crippen MR) is 83.7 cm³/mol. The number of hydrogen-bond donors (Lipinski definition) is 1. The van der Waals surface area contributed by atoms with E-state index in [1.54, 1.807) is 19.4 Å². The van der Waals surface area contributed by atoms with E-state index >= 15 is 0 Å². The number of rotatable bonds is 9. The molecule has 1 heterocycles. The average Bonchev–Trinajstić information content (AvgIpc) is 2.78. The summed E-state index contributed by atoms with van der Waals surface area (Å²) >= 11 is 0. The maximum Gasteiger partial charge on any atom is 0.244 e. The molecule has 1 rings (SSSR count). The Morgan fingerprint density at radius 3 is 2.62 bits per heavy atom. The minimum Gasteiger partial charge on any atom is -0.383 e. The Labute approximate surface area is 128 Å². The van der Waals surface area contributed by atoms with Crippen LogP contribution in [0.4, 0.5) is 0 Å². The molecule has 0 unspecified atom stereocenters. The fourth-order valence-corrected chi connectivity index (χ4v) is 3.84. The van der Waals surface area contributed by atoms with Crippen LogP contribution in [-0.2, 0) is 28.4 Å². The zero-order chi connectivity index (χ0) is 16.0. The van der Waals surface area contributed by atoms with Crippen LogP contribution in [0, 0.1) is 0 Å². The highest BCUT2D eigenvalue weighted by atomic mass is 32.2. The molecule has 0 aliphatic heterocycles. The molecule has 6 nitrogen and oxygen atoms in total. The number of nitrogens with zero attached hydrogens (tertiary/aromatic N) is 2. The van der Waals surface area contributed by atoms with Gasteiger partial charge in [-0.3, -0.25) is 0 Å². The molecule has 1 aromatic heterocycles. The summed E-state index contributed by atoms with van der Waals surface area (Å²) in [7, 11) is -0.0613. The maximum absolute atomic E-state index is 12.8. The number of hydrogen-bond acceptors (Lipinski definition) is 4. The van der Waals surface area contributed by atoms with E-state index in [1.807, 2.05) is 32.4 Å². The van der Waals surface area contributed by atoms with Gasteiger partial charge in [-0.2, -0.15) is 4.31 Å². The zero-order valence-corrected chi connectivity index (χ0v) is 14.4. The number of sulfonamides is 1. The lowest BCUT2D eigenvalue weighted by atomic mass is 10.4. The Morgan fingerprint density at radius 1 is 1.43 bits per heavy atom. The average molecular weight is 317 g/mol. The van der Waals surface area contributed by atoms with Gasteiger partial charge in [0.2, 0.25) is 10.0 Å². The van der Waals surface area contributed by atoms with Crippen LogP contribution >= 0.6 is 0 Å². The van der Waals surface area contributed by atoms with Gasteiger partial charge in [0.15, 0.2) is 0 Å². The molecule has 0 atom stereocenters. The summed E-state index contributed by atoms with van der Waals surface area (Å²) in [6, 6.07) is 1.63. The van der Waals surface area contributed by atoms with Crippen molar-refractivity contribution in [3.63, 3.8) is 0 Å². The molecule has 0 radical (unpaired) electrons. The molecular formula is C14H27N3O3S. The van der Waals surface area contributed by atoms with Crippen LogP contribution in [0.1, 0.15) is 26.5 Å². The van der Waals surface area contributed by atoms with Crippen LogP contribution in [0.3, 0.4) is 0 Å². The van der Waals surface area contributed by atoms with Crippen LogP contribution < -0.4 is 5.32 Å². The summed E-state index contributed by atoms with van der Waals surface area (Å²) in [5, 5.41) is 3.21. The lowest BCUT2D eigenvalue weighted by Crippen LogP contribution is -2.39. The van der Waals surface area contributed by atoms with Crippen LogP contribution in [0.25, 0.3) is 0 Å². The van der Waals surface area contributed by atoms with Gasteiger partial charge in [-0.15, -0.1) is 0 Å². The van der Waals surface area contributed by atoms with Crippen LogP contribution in [0.5, 0.6) is 0 Å². The van der Waals surface area contributed by atoms with Crippen LogP contribution in [-0.4, -0.2) is 50.1 Å². The molecule has 21 heavy (non-hydrogen) atoms. The van der Waals surface area contributed by atoms with Crippen molar-refractivity contribution in [3.05, 3.63) is 18.0 Å². The minimum absolute atomic E-state index is 0.109. The third kappa shape index (κ3) is 4.54. The molecular weight excluding hydrogens is 290 g/mol. The summed E-state index contributed by atoms with van der Waals surface area (Å²) in [5.41, 5.74) is 0.950. The third-order valence-corrected chi connectivity index (χ3v) is 5.38. The molecule has 0 amide bonds. The monoisotopic (exact) mass is 317 g/mol. The molecule has 0 aromatic carbocycles. The van der Waals surface area contributed by atoms with Crippen molar-refractivity contribution in [2.75, 3.05) is 26.8 Å². The Kier molecular flexibility index (Phi) is 6.86. The zero-order valence-electron chi connectivity index (χ0n) is 13.6. The molecule has 7 heteroatoms. The van der Waals surface area contributed by atoms with Gasteiger partial charge in [-0.05, 0) is 26.5 Å². The fourth-order valence-electron chi connectivity index (χ4n) is 2.12. The molecule has 0 fully saturated rings. The molecule has 0 aliphatic carbocycles. The summed E-state index contributed by atoms with van der Waals surface area (Å²) < 4.78 is 33.9. The Bertz CT molecular complexity index is 538. The first-order valence-electron chi connectivity index (χ1n) is 7.21. The van der Waals surface area contributed by atoms with E-state index in [1.165, 1.54) is 4.31 Å². The second-order valence-electron chi connectivity index (χ2n) is 5.26. The van der Waals surface area contributed by atoms with Gasteiger partial charge in [-0.1, -0.05) is 6.92 Å². The van der Waals surface area contributed by atoms with Crippen molar-refractivity contribution in [1.29, 1.82) is 0 Å². The highest BCUT2D eigenvalue weighted by molar-refractivity contribution is 7.89. The normalized spacial score (nSPS) is 12.5. The van der Waals surface area contributed by atoms with Crippen molar-refractivity contribution in [1.82, 2.24) is 14.2 Å². The standard InChI is InChI=1S/C14H27N3O3S/c1-6-15-10-13-9-14(11-16(13)4)21(18,19)17(12(2)3)7-8-20-5/h9,11-12,15H,6-8,10H2,1-5H3. The molecule has 1 aromatic rings. The van der Waals surface area contributed by atoms with Gasteiger partial charge in [0.25, 0.3) is 0 Å². The highest BCUT2D eigenvalue weighted by Gasteiger charge is 2.28. The van der Waals surface area contributed by atoms with E-state index in [4.69, 9.17) is 4.74 Å². The van der Waals surface area contributed by atoms with Gasteiger partial charge in [0, 0.05) is 45.2 Å². The number of nitrogens with one attached hydrogen (secondary N) is 1. The number of ether oxygens (including phenoxy) is 1. The van der Waals surface area contributed by atoms with E-state index in [0.29, 0.717) is 24.6 Å². The number of aryl methyl sites for hydroxylation is 1. The largest absolute Gasteiger partial charge is 0.383 e. The van der Waals surface area contributed by atoms with Crippen molar-refractivity contribution in [2.45, 2.75) is 38.3 Å². The Morgan fingerprint density at radius 2 is 2.10 bits per heavy atom. The van der Waals surface area contributed by atoms with E-state index in [9.17, 15) is 8.42 Å². The lowest BCUT2D eigenvalue weighted by molar-refractivity contribution is 0.171. The van der Waals surface area contributed by atoms with Gasteiger partial charge in [0.05, 0.1) is 6.61 Å². The van der Waals surface area contributed by atoms with Crippen molar-refractivity contribution in [3.8, 4) is 0 Å². The smallest absolute Gasteiger partial charge is 0.244 e. The van der Waals surface area contributed by atoms with E-state index in [0.717, 1.165) is 12.2 Å². The second kappa shape index (κ2) is 7.93. The Balaban J connectivity index is 3.04.